The second-order valence-electron chi connectivity index (χ2n) is 5.12. The van der Waals surface area contributed by atoms with Crippen molar-refractivity contribution < 1.29 is 9.59 Å². The summed E-state index contributed by atoms with van der Waals surface area (Å²) >= 11 is 0. The molecule has 0 heterocycles. The van der Waals surface area contributed by atoms with Crippen molar-refractivity contribution in [3.63, 3.8) is 0 Å². The van der Waals surface area contributed by atoms with Gasteiger partial charge in [0.15, 0.2) is 0 Å². The Balaban J connectivity index is 0.00000200. The van der Waals surface area contributed by atoms with Gasteiger partial charge in [-0.2, -0.15) is 0 Å². The van der Waals surface area contributed by atoms with Crippen LogP contribution in [0.1, 0.15) is 42.5 Å². The van der Waals surface area contributed by atoms with Gasteiger partial charge in [-0.05, 0) is 31.0 Å². The third kappa shape index (κ3) is 3.71. The molecule has 0 saturated heterocycles. The van der Waals surface area contributed by atoms with E-state index in [0.717, 1.165) is 19.3 Å². The summed E-state index contributed by atoms with van der Waals surface area (Å²) in [7, 11) is 0. The third-order valence-corrected chi connectivity index (χ3v) is 3.60. The Bertz CT molecular complexity index is 499. The lowest BCUT2D eigenvalue weighted by atomic mass is 9.82. The van der Waals surface area contributed by atoms with Crippen molar-refractivity contribution in [3.05, 3.63) is 29.8 Å². The van der Waals surface area contributed by atoms with Gasteiger partial charge in [-0.3, -0.25) is 9.59 Å². The van der Waals surface area contributed by atoms with Gasteiger partial charge in [0.05, 0.1) is 5.54 Å². The highest BCUT2D eigenvalue weighted by Gasteiger charge is 2.35. The van der Waals surface area contributed by atoms with E-state index >= 15 is 0 Å². The number of benzene rings is 1. The highest BCUT2D eigenvalue weighted by atomic mass is 35.5. The molecular weight excluding hydrogens is 278 g/mol. The maximum atomic E-state index is 12.2. The zero-order chi connectivity index (χ0) is 13.9. The van der Waals surface area contributed by atoms with Crippen LogP contribution in [0.25, 0.3) is 0 Å². The highest BCUT2D eigenvalue weighted by Crippen LogP contribution is 2.27. The Morgan fingerprint density at radius 2 is 1.80 bits per heavy atom. The number of carbonyl (C=O) groups is 2. The Kier molecular flexibility index (Phi) is 5.53. The lowest BCUT2D eigenvalue weighted by molar-refractivity contribution is -0.122. The molecule has 0 unspecified atom stereocenters. The lowest BCUT2D eigenvalue weighted by Gasteiger charge is -2.31. The SMILES string of the molecule is Cl.NC(=O)c1cccc(NC(=O)C2(N)CCCCC2)c1. The molecule has 0 radical (unpaired) electrons. The normalized spacial score (nSPS) is 16.9. The van der Waals surface area contributed by atoms with Crippen molar-refractivity contribution in [1.29, 1.82) is 0 Å². The van der Waals surface area contributed by atoms with E-state index in [1.807, 2.05) is 0 Å². The van der Waals surface area contributed by atoms with E-state index in [1.54, 1.807) is 24.3 Å². The molecule has 1 aromatic rings. The molecule has 1 saturated carbocycles. The standard InChI is InChI=1S/C14H19N3O2.ClH/c15-12(18)10-5-4-6-11(9-10)17-13(19)14(16)7-2-1-3-8-14;/h4-6,9H,1-3,7-8,16H2,(H2,15,18)(H,17,19);1H. The number of nitrogens with two attached hydrogens (primary N) is 2. The number of rotatable bonds is 3. The second-order valence-corrected chi connectivity index (χ2v) is 5.12. The van der Waals surface area contributed by atoms with Crippen LogP contribution in [0.2, 0.25) is 0 Å². The largest absolute Gasteiger partial charge is 0.366 e. The zero-order valence-corrected chi connectivity index (χ0v) is 12.0. The summed E-state index contributed by atoms with van der Waals surface area (Å²) in [6, 6.07) is 6.57. The molecule has 5 N–H and O–H groups in total. The fourth-order valence-corrected chi connectivity index (χ4v) is 2.42. The maximum Gasteiger partial charge on any atom is 0.248 e. The number of anilines is 1. The summed E-state index contributed by atoms with van der Waals surface area (Å²) in [5.74, 6) is -0.704. The molecule has 5 nitrogen and oxygen atoms in total. The molecule has 1 fully saturated rings. The molecule has 110 valence electrons. The predicted octanol–water partition coefficient (Wildman–Crippen LogP) is 1.81. The molecule has 2 rings (SSSR count). The van der Waals surface area contributed by atoms with Gasteiger partial charge in [-0.1, -0.05) is 25.3 Å². The van der Waals surface area contributed by atoms with Gasteiger partial charge < -0.3 is 16.8 Å². The average Bonchev–Trinajstić information content (AvgIpc) is 2.40. The third-order valence-electron chi connectivity index (χ3n) is 3.60. The molecule has 2 amide bonds. The number of carbonyl (C=O) groups excluding carboxylic acids is 2. The van der Waals surface area contributed by atoms with Crippen LogP contribution in [-0.2, 0) is 4.79 Å². The summed E-state index contributed by atoms with van der Waals surface area (Å²) in [5, 5.41) is 2.78. The van der Waals surface area contributed by atoms with Crippen LogP contribution in [0.3, 0.4) is 0 Å². The minimum atomic E-state index is -0.791. The lowest BCUT2D eigenvalue weighted by Crippen LogP contribution is -2.52. The highest BCUT2D eigenvalue weighted by molar-refractivity contribution is 5.99. The summed E-state index contributed by atoms with van der Waals surface area (Å²) in [5.41, 5.74) is 11.5. The van der Waals surface area contributed by atoms with E-state index in [9.17, 15) is 9.59 Å². The Labute approximate surface area is 124 Å². The maximum absolute atomic E-state index is 12.2. The molecule has 0 bridgehead atoms. The minimum Gasteiger partial charge on any atom is -0.366 e. The van der Waals surface area contributed by atoms with Gasteiger partial charge in [0.1, 0.15) is 0 Å². The fraction of sp³-hybridized carbons (Fsp3) is 0.429. The number of amides is 2. The molecule has 1 aromatic carbocycles. The van der Waals surface area contributed by atoms with Crippen molar-refractivity contribution in [1.82, 2.24) is 0 Å². The zero-order valence-electron chi connectivity index (χ0n) is 11.2. The summed E-state index contributed by atoms with van der Waals surface area (Å²) in [6.07, 6.45) is 4.49. The fourth-order valence-electron chi connectivity index (χ4n) is 2.42. The summed E-state index contributed by atoms with van der Waals surface area (Å²) in [6.45, 7) is 0. The van der Waals surface area contributed by atoms with Crippen LogP contribution < -0.4 is 16.8 Å². The Hall–Kier alpha value is -1.59. The topological polar surface area (TPSA) is 98.2 Å². The average molecular weight is 298 g/mol. The molecule has 0 aromatic heterocycles. The first-order valence-corrected chi connectivity index (χ1v) is 6.51. The predicted molar refractivity (Wildman–Crippen MR) is 80.8 cm³/mol. The summed E-state index contributed by atoms with van der Waals surface area (Å²) < 4.78 is 0. The number of hydrogen-bond acceptors (Lipinski definition) is 3. The van der Waals surface area contributed by atoms with Crippen LogP contribution in [0, 0.1) is 0 Å². The molecule has 0 aliphatic heterocycles. The quantitative estimate of drug-likeness (QED) is 0.793. The number of primary amides is 1. The van der Waals surface area contributed by atoms with Gasteiger partial charge in [0.25, 0.3) is 0 Å². The Morgan fingerprint density at radius 3 is 2.40 bits per heavy atom. The van der Waals surface area contributed by atoms with Gasteiger partial charge >= 0.3 is 0 Å². The smallest absolute Gasteiger partial charge is 0.248 e. The van der Waals surface area contributed by atoms with Crippen molar-refractivity contribution in [3.8, 4) is 0 Å². The minimum absolute atomic E-state index is 0. The molecule has 6 heteroatoms. The first-order valence-electron chi connectivity index (χ1n) is 6.51. The molecule has 1 aliphatic carbocycles. The van der Waals surface area contributed by atoms with Gasteiger partial charge in [0.2, 0.25) is 11.8 Å². The Morgan fingerprint density at radius 1 is 1.15 bits per heavy atom. The van der Waals surface area contributed by atoms with Gasteiger partial charge in [-0.15, -0.1) is 12.4 Å². The van der Waals surface area contributed by atoms with Crippen molar-refractivity contribution in [2.45, 2.75) is 37.6 Å². The van der Waals surface area contributed by atoms with Crippen molar-refractivity contribution in [2.24, 2.45) is 11.5 Å². The first-order chi connectivity index (χ1) is 9.01. The van der Waals surface area contributed by atoms with Crippen LogP contribution >= 0.6 is 12.4 Å². The van der Waals surface area contributed by atoms with Gasteiger partial charge in [0, 0.05) is 11.3 Å². The number of nitrogens with one attached hydrogen (secondary N) is 1. The second kappa shape index (κ2) is 6.72. The van der Waals surface area contributed by atoms with E-state index in [-0.39, 0.29) is 18.3 Å². The van der Waals surface area contributed by atoms with E-state index in [0.29, 0.717) is 24.1 Å². The van der Waals surface area contributed by atoms with Crippen LogP contribution in [-0.4, -0.2) is 17.4 Å². The number of hydrogen-bond donors (Lipinski definition) is 3. The van der Waals surface area contributed by atoms with Crippen molar-refractivity contribution in [2.75, 3.05) is 5.32 Å². The monoisotopic (exact) mass is 297 g/mol. The molecule has 0 atom stereocenters. The van der Waals surface area contributed by atoms with E-state index in [2.05, 4.69) is 5.32 Å². The van der Waals surface area contributed by atoms with Crippen LogP contribution in [0.5, 0.6) is 0 Å². The van der Waals surface area contributed by atoms with Crippen LogP contribution in [0.15, 0.2) is 24.3 Å². The summed E-state index contributed by atoms with van der Waals surface area (Å²) in [4.78, 5) is 23.3. The molecule has 0 spiro atoms. The van der Waals surface area contributed by atoms with Crippen molar-refractivity contribution >= 4 is 29.9 Å². The molecule has 20 heavy (non-hydrogen) atoms. The van der Waals surface area contributed by atoms with E-state index in [1.165, 1.54) is 0 Å². The number of halogens is 1. The van der Waals surface area contributed by atoms with Crippen LogP contribution in [0.4, 0.5) is 5.69 Å². The molecular formula is C14H20ClN3O2. The van der Waals surface area contributed by atoms with Gasteiger partial charge in [-0.25, -0.2) is 0 Å². The van der Waals surface area contributed by atoms with E-state index < -0.39 is 11.4 Å². The first kappa shape index (κ1) is 16.5. The van der Waals surface area contributed by atoms with E-state index in [4.69, 9.17) is 11.5 Å². The molecule has 1 aliphatic rings.